The van der Waals surface area contributed by atoms with Gasteiger partial charge < -0.3 is 10.6 Å². The summed E-state index contributed by atoms with van der Waals surface area (Å²) in [7, 11) is 2.14. The second-order valence-electron chi connectivity index (χ2n) is 5.12. The van der Waals surface area contributed by atoms with Crippen LogP contribution < -0.4 is 5.73 Å². The number of benzene rings is 1. The molecule has 1 aromatic heterocycles. The molecule has 0 spiro atoms. The van der Waals surface area contributed by atoms with Crippen molar-refractivity contribution in [2.45, 2.75) is 19.9 Å². The standard InChI is InChI=1S/C16H21N3S/c1-12-10-13(16(17)18)5-6-14(12)11-19(2)8-7-15-4-3-9-20-15/h3-6,9-10H,7-8,11H2,1-2H3,(H3,17,18). The number of hydrogen-bond donors (Lipinski definition) is 2. The van der Waals surface area contributed by atoms with E-state index in [1.807, 2.05) is 23.5 Å². The lowest BCUT2D eigenvalue weighted by Crippen LogP contribution is -2.21. The molecular weight excluding hydrogens is 266 g/mol. The highest BCUT2D eigenvalue weighted by atomic mass is 32.1. The number of nitrogens with two attached hydrogens (primary N) is 1. The number of rotatable bonds is 6. The number of nitrogens with zero attached hydrogens (tertiary/aromatic N) is 1. The second-order valence-corrected chi connectivity index (χ2v) is 6.15. The Hall–Kier alpha value is -1.65. The molecule has 0 amide bonds. The summed E-state index contributed by atoms with van der Waals surface area (Å²) in [4.78, 5) is 3.76. The lowest BCUT2D eigenvalue weighted by atomic mass is 10.0. The molecular formula is C16H21N3S. The molecule has 106 valence electrons. The van der Waals surface area contributed by atoms with Gasteiger partial charge >= 0.3 is 0 Å². The number of aryl methyl sites for hydroxylation is 1. The van der Waals surface area contributed by atoms with Crippen molar-refractivity contribution in [1.29, 1.82) is 5.41 Å². The molecule has 2 rings (SSSR count). The van der Waals surface area contributed by atoms with Crippen LogP contribution in [-0.2, 0) is 13.0 Å². The topological polar surface area (TPSA) is 53.1 Å². The highest BCUT2D eigenvalue weighted by Gasteiger charge is 2.06. The molecule has 0 aliphatic heterocycles. The van der Waals surface area contributed by atoms with Crippen LogP contribution in [0, 0.1) is 12.3 Å². The Balaban J connectivity index is 1.93. The molecule has 0 bridgehead atoms. The highest BCUT2D eigenvalue weighted by molar-refractivity contribution is 7.09. The van der Waals surface area contributed by atoms with Gasteiger partial charge in [0.15, 0.2) is 0 Å². The minimum absolute atomic E-state index is 0.130. The molecule has 1 aromatic carbocycles. The van der Waals surface area contributed by atoms with Crippen LogP contribution in [0.4, 0.5) is 0 Å². The minimum Gasteiger partial charge on any atom is -0.384 e. The lowest BCUT2D eigenvalue weighted by molar-refractivity contribution is 0.331. The van der Waals surface area contributed by atoms with Crippen molar-refractivity contribution in [3.8, 4) is 0 Å². The average Bonchev–Trinajstić information content (AvgIpc) is 2.91. The Morgan fingerprint density at radius 2 is 2.15 bits per heavy atom. The van der Waals surface area contributed by atoms with Crippen LogP contribution in [0.2, 0.25) is 0 Å². The number of likely N-dealkylation sites (N-methyl/N-ethyl adjacent to an activating group) is 1. The van der Waals surface area contributed by atoms with Gasteiger partial charge in [0, 0.05) is 23.5 Å². The Labute approximate surface area is 124 Å². The van der Waals surface area contributed by atoms with Crippen LogP contribution in [0.1, 0.15) is 21.6 Å². The summed E-state index contributed by atoms with van der Waals surface area (Å²) in [5.74, 6) is 0.130. The Bertz CT molecular complexity index is 575. The van der Waals surface area contributed by atoms with Gasteiger partial charge in [0.05, 0.1) is 0 Å². The first kappa shape index (κ1) is 14.8. The third kappa shape index (κ3) is 3.92. The molecule has 0 aliphatic rings. The van der Waals surface area contributed by atoms with Crippen molar-refractivity contribution < 1.29 is 0 Å². The van der Waals surface area contributed by atoms with E-state index in [-0.39, 0.29) is 5.84 Å². The Kier molecular flexibility index (Phi) is 4.93. The van der Waals surface area contributed by atoms with E-state index in [9.17, 15) is 0 Å². The summed E-state index contributed by atoms with van der Waals surface area (Å²) in [5, 5.41) is 9.58. The maximum atomic E-state index is 7.46. The van der Waals surface area contributed by atoms with Gasteiger partial charge in [-0.3, -0.25) is 5.41 Å². The SMILES string of the molecule is Cc1cc(C(=N)N)ccc1CN(C)CCc1cccs1. The van der Waals surface area contributed by atoms with E-state index < -0.39 is 0 Å². The van der Waals surface area contributed by atoms with Gasteiger partial charge in [-0.1, -0.05) is 18.2 Å². The predicted molar refractivity (Wildman–Crippen MR) is 86.6 cm³/mol. The first-order chi connectivity index (χ1) is 9.56. The van der Waals surface area contributed by atoms with E-state index in [1.165, 1.54) is 16.0 Å². The van der Waals surface area contributed by atoms with Gasteiger partial charge in [-0.2, -0.15) is 0 Å². The summed E-state index contributed by atoms with van der Waals surface area (Å²) in [5.41, 5.74) is 8.80. The number of thiophene rings is 1. The van der Waals surface area contributed by atoms with Crippen LogP contribution in [0.3, 0.4) is 0 Å². The van der Waals surface area contributed by atoms with Crippen LogP contribution in [0.5, 0.6) is 0 Å². The van der Waals surface area contributed by atoms with Gasteiger partial charge in [-0.15, -0.1) is 11.3 Å². The second kappa shape index (κ2) is 6.68. The highest BCUT2D eigenvalue weighted by Crippen LogP contribution is 2.14. The fourth-order valence-corrected chi connectivity index (χ4v) is 2.86. The molecule has 2 aromatic rings. The van der Waals surface area contributed by atoms with E-state index in [0.717, 1.165) is 25.1 Å². The quantitative estimate of drug-likeness (QED) is 0.634. The van der Waals surface area contributed by atoms with Crippen molar-refractivity contribution >= 4 is 17.2 Å². The van der Waals surface area contributed by atoms with Crippen molar-refractivity contribution in [1.82, 2.24) is 4.90 Å². The third-order valence-electron chi connectivity index (χ3n) is 3.41. The zero-order valence-corrected chi connectivity index (χ0v) is 12.8. The molecule has 1 heterocycles. The molecule has 4 heteroatoms. The third-order valence-corrected chi connectivity index (χ3v) is 4.35. The molecule has 3 nitrogen and oxygen atoms in total. The summed E-state index contributed by atoms with van der Waals surface area (Å²) < 4.78 is 0. The van der Waals surface area contributed by atoms with Crippen LogP contribution >= 0.6 is 11.3 Å². The van der Waals surface area contributed by atoms with E-state index in [0.29, 0.717) is 0 Å². The maximum Gasteiger partial charge on any atom is 0.122 e. The van der Waals surface area contributed by atoms with Gasteiger partial charge in [-0.25, -0.2) is 0 Å². The van der Waals surface area contributed by atoms with Crippen LogP contribution in [0.25, 0.3) is 0 Å². The monoisotopic (exact) mass is 287 g/mol. The molecule has 0 atom stereocenters. The van der Waals surface area contributed by atoms with Crippen molar-refractivity contribution in [2.24, 2.45) is 5.73 Å². The van der Waals surface area contributed by atoms with E-state index in [1.54, 1.807) is 0 Å². The minimum atomic E-state index is 0.130. The Morgan fingerprint density at radius 1 is 1.35 bits per heavy atom. The molecule has 0 fully saturated rings. The maximum absolute atomic E-state index is 7.46. The van der Waals surface area contributed by atoms with E-state index in [4.69, 9.17) is 11.1 Å². The fourth-order valence-electron chi connectivity index (χ4n) is 2.17. The van der Waals surface area contributed by atoms with Crippen molar-refractivity contribution in [3.05, 3.63) is 57.3 Å². The zero-order valence-electron chi connectivity index (χ0n) is 12.0. The normalized spacial score (nSPS) is 10.9. The van der Waals surface area contributed by atoms with E-state index in [2.05, 4.69) is 42.5 Å². The average molecular weight is 287 g/mol. The largest absolute Gasteiger partial charge is 0.384 e. The molecule has 0 aliphatic carbocycles. The number of nitrogens with one attached hydrogen (secondary N) is 1. The van der Waals surface area contributed by atoms with E-state index >= 15 is 0 Å². The van der Waals surface area contributed by atoms with Crippen molar-refractivity contribution in [3.63, 3.8) is 0 Å². The smallest absolute Gasteiger partial charge is 0.122 e. The fraction of sp³-hybridized carbons (Fsp3) is 0.312. The molecule has 0 radical (unpaired) electrons. The zero-order chi connectivity index (χ0) is 14.5. The van der Waals surface area contributed by atoms with Gasteiger partial charge in [0.2, 0.25) is 0 Å². The molecule has 20 heavy (non-hydrogen) atoms. The Morgan fingerprint density at radius 3 is 2.75 bits per heavy atom. The number of nitrogen functional groups attached to an aromatic ring is 1. The van der Waals surface area contributed by atoms with Gasteiger partial charge in [-0.05, 0) is 49.0 Å². The lowest BCUT2D eigenvalue weighted by Gasteiger charge is -2.18. The van der Waals surface area contributed by atoms with Crippen LogP contribution in [0.15, 0.2) is 35.7 Å². The number of amidine groups is 1. The molecule has 3 N–H and O–H groups in total. The molecule has 0 saturated heterocycles. The van der Waals surface area contributed by atoms with Gasteiger partial charge in [0.1, 0.15) is 5.84 Å². The molecule has 0 saturated carbocycles. The van der Waals surface area contributed by atoms with Gasteiger partial charge in [0.25, 0.3) is 0 Å². The first-order valence-electron chi connectivity index (χ1n) is 6.71. The molecule has 0 unspecified atom stereocenters. The van der Waals surface area contributed by atoms with Crippen LogP contribution in [-0.4, -0.2) is 24.3 Å². The predicted octanol–water partition coefficient (Wildman–Crippen LogP) is 3.02. The number of hydrogen-bond acceptors (Lipinski definition) is 3. The first-order valence-corrected chi connectivity index (χ1v) is 7.59. The summed E-state index contributed by atoms with van der Waals surface area (Å²) in [6, 6.07) is 10.3. The summed E-state index contributed by atoms with van der Waals surface area (Å²) in [6.07, 6.45) is 1.10. The van der Waals surface area contributed by atoms with Crippen molar-refractivity contribution in [2.75, 3.05) is 13.6 Å². The summed E-state index contributed by atoms with van der Waals surface area (Å²) in [6.45, 7) is 4.05. The summed E-state index contributed by atoms with van der Waals surface area (Å²) >= 11 is 1.82.